The molecule has 0 amide bonds. The Morgan fingerprint density at radius 1 is 1.35 bits per heavy atom. The van der Waals surface area contributed by atoms with Crippen molar-refractivity contribution in [2.24, 2.45) is 5.92 Å². The summed E-state index contributed by atoms with van der Waals surface area (Å²) in [5.41, 5.74) is 4.42. The van der Waals surface area contributed by atoms with Crippen LogP contribution < -0.4 is 30.3 Å². The van der Waals surface area contributed by atoms with Gasteiger partial charge in [0.25, 0.3) is 0 Å². The Labute approximate surface area is 252 Å². The molecule has 3 aromatic rings. The van der Waals surface area contributed by atoms with E-state index in [0.29, 0.717) is 19.0 Å². The van der Waals surface area contributed by atoms with Crippen LogP contribution in [0.2, 0.25) is 0 Å². The number of ether oxygens (including phenoxy) is 1. The number of allylic oxidation sites excluding steroid dienone is 1. The molecule has 0 unspecified atom stereocenters. The molecular formula is C29H41IN7O2S-. The SMILES string of the molecule is C=C[I-]N/C=C(\C)c1cnc2c(Nc3cc(CN(CC)C(C)(C)COC(=O)C4CCCCC4)ns3)nc(C)cn12. The maximum atomic E-state index is 12.6. The molecule has 218 valence electrons. The number of hydrogen-bond donors (Lipinski definition) is 2. The summed E-state index contributed by atoms with van der Waals surface area (Å²) in [4.78, 5) is 24.3. The average molecular weight is 679 g/mol. The van der Waals surface area contributed by atoms with E-state index in [9.17, 15) is 4.79 Å². The van der Waals surface area contributed by atoms with Crippen molar-refractivity contribution in [1.29, 1.82) is 0 Å². The van der Waals surface area contributed by atoms with Gasteiger partial charge in [0.2, 0.25) is 0 Å². The van der Waals surface area contributed by atoms with Crippen LogP contribution in [0.1, 0.15) is 76.9 Å². The first-order valence-electron chi connectivity index (χ1n) is 13.9. The van der Waals surface area contributed by atoms with Crippen LogP contribution in [0.5, 0.6) is 0 Å². The van der Waals surface area contributed by atoms with E-state index in [0.717, 1.165) is 65.5 Å². The zero-order chi connectivity index (χ0) is 28.7. The molecule has 1 aliphatic carbocycles. The third-order valence-corrected chi connectivity index (χ3v) is 9.18. The van der Waals surface area contributed by atoms with Gasteiger partial charge in [-0.1, -0.05) is 26.2 Å². The number of rotatable bonds is 13. The number of halogens is 1. The van der Waals surface area contributed by atoms with Gasteiger partial charge in [0.05, 0.1) is 5.92 Å². The van der Waals surface area contributed by atoms with E-state index in [1.165, 1.54) is 18.0 Å². The monoisotopic (exact) mass is 678 g/mol. The van der Waals surface area contributed by atoms with Gasteiger partial charge in [-0.05, 0) is 33.2 Å². The molecule has 0 saturated heterocycles. The van der Waals surface area contributed by atoms with Gasteiger partial charge in [0.15, 0.2) is 0 Å². The standard InChI is InChI=1S/C29H41IN7O2S/c1-7-30-32-15-20(3)24-16-31-27-26(33-21(4)17-37(24)27)34-25-14-23(35-40-25)18-36(8-2)29(5,6)19-39-28(38)22-12-10-9-11-13-22/h7,14-17,22,32H,1,8-13,18-19H2,2-6H3,(H,33,34)/q-1/b20-15+. The van der Waals surface area contributed by atoms with Gasteiger partial charge in [-0.25, -0.2) is 0 Å². The molecule has 0 spiro atoms. The number of aromatic nitrogens is 4. The summed E-state index contributed by atoms with van der Waals surface area (Å²) < 4.78 is 17.9. The maximum absolute atomic E-state index is 12.6. The second kappa shape index (κ2) is 13.9. The van der Waals surface area contributed by atoms with E-state index in [-0.39, 0.29) is 38.9 Å². The molecule has 0 atom stereocenters. The number of aryl methyl sites for hydroxylation is 1. The molecule has 0 aromatic carbocycles. The summed E-state index contributed by atoms with van der Waals surface area (Å²) in [7, 11) is 0. The number of imidazole rings is 1. The van der Waals surface area contributed by atoms with Crippen molar-refractivity contribution in [2.45, 2.75) is 78.8 Å². The van der Waals surface area contributed by atoms with Crippen molar-refractivity contribution < 1.29 is 31.0 Å². The first-order chi connectivity index (χ1) is 19.2. The fourth-order valence-corrected chi connectivity index (χ4v) is 6.58. The zero-order valence-corrected chi connectivity index (χ0v) is 27.1. The second-order valence-corrected chi connectivity index (χ2v) is 13.8. The fraction of sp³-hybridized carbons (Fsp3) is 0.517. The van der Waals surface area contributed by atoms with Crippen LogP contribution in [0.4, 0.5) is 10.8 Å². The molecule has 1 fully saturated rings. The van der Waals surface area contributed by atoms with E-state index >= 15 is 0 Å². The molecule has 3 aromatic heterocycles. The predicted molar refractivity (Wildman–Crippen MR) is 158 cm³/mol. The molecule has 0 radical (unpaired) electrons. The number of carbonyl (C=O) groups excluding carboxylic acids is 1. The quantitative estimate of drug-likeness (QED) is 0.123. The van der Waals surface area contributed by atoms with Gasteiger partial charge >= 0.3 is 161 Å². The number of likely N-dealkylation sites (N-methyl/N-ethyl adjacent to an activating group) is 1. The molecule has 0 bridgehead atoms. The Morgan fingerprint density at radius 3 is 2.85 bits per heavy atom. The molecule has 0 aliphatic heterocycles. The summed E-state index contributed by atoms with van der Waals surface area (Å²) in [6.45, 7) is 16.1. The fourth-order valence-electron chi connectivity index (χ4n) is 5.02. The number of nitrogens with one attached hydrogen (secondary N) is 2. The summed E-state index contributed by atoms with van der Waals surface area (Å²) in [5.74, 6) is 0.723. The van der Waals surface area contributed by atoms with E-state index in [1.807, 2.05) is 29.6 Å². The molecule has 4 rings (SSSR count). The van der Waals surface area contributed by atoms with Gasteiger partial charge in [-0.3, -0.25) is 9.69 Å². The van der Waals surface area contributed by atoms with Crippen molar-refractivity contribution >= 4 is 39.5 Å². The van der Waals surface area contributed by atoms with Crippen molar-refractivity contribution in [2.75, 3.05) is 18.5 Å². The number of carbonyl (C=O) groups is 1. The third kappa shape index (κ3) is 7.61. The van der Waals surface area contributed by atoms with Crippen LogP contribution in [0.3, 0.4) is 0 Å². The van der Waals surface area contributed by atoms with Gasteiger partial charge in [0, 0.05) is 5.54 Å². The van der Waals surface area contributed by atoms with Gasteiger partial charge < -0.3 is 4.74 Å². The summed E-state index contributed by atoms with van der Waals surface area (Å²) >= 11 is 1.16. The zero-order valence-electron chi connectivity index (χ0n) is 24.2. The van der Waals surface area contributed by atoms with Crippen molar-refractivity contribution in [3.05, 3.63) is 52.4 Å². The summed E-state index contributed by atoms with van der Waals surface area (Å²) in [6, 6.07) is 2.07. The molecule has 11 heteroatoms. The molecule has 1 aliphatic rings. The molecule has 40 heavy (non-hydrogen) atoms. The first-order valence-corrected chi connectivity index (χ1v) is 17.0. The Balaban J connectivity index is 1.43. The van der Waals surface area contributed by atoms with Gasteiger partial charge in [-0.2, -0.15) is 0 Å². The predicted octanol–water partition coefficient (Wildman–Crippen LogP) is 3.06. The van der Waals surface area contributed by atoms with E-state index < -0.39 is 0 Å². The van der Waals surface area contributed by atoms with E-state index in [4.69, 9.17) is 14.1 Å². The number of esters is 1. The number of anilines is 2. The van der Waals surface area contributed by atoms with Crippen LogP contribution in [-0.4, -0.2) is 48.3 Å². The summed E-state index contributed by atoms with van der Waals surface area (Å²) in [6.07, 6.45) is 11.3. The Kier molecular flexibility index (Phi) is 10.6. The Bertz CT molecular complexity index is 1340. The normalized spacial score (nSPS) is 15.1. The third-order valence-electron chi connectivity index (χ3n) is 7.33. The summed E-state index contributed by atoms with van der Waals surface area (Å²) in [5, 5.41) is 4.35. The molecule has 9 nitrogen and oxygen atoms in total. The number of nitrogens with zero attached hydrogens (tertiary/aromatic N) is 5. The van der Waals surface area contributed by atoms with E-state index in [2.05, 4.69) is 63.5 Å². The second-order valence-electron chi connectivity index (χ2n) is 10.8. The van der Waals surface area contributed by atoms with Crippen LogP contribution in [0, 0.1) is 12.8 Å². The van der Waals surface area contributed by atoms with Gasteiger partial charge in [-0.15, -0.1) is 0 Å². The molecule has 3 heterocycles. The minimum atomic E-state index is -0.305. The van der Waals surface area contributed by atoms with Crippen LogP contribution in [-0.2, 0) is 16.1 Å². The Hall–Kier alpha value is -2.51. The minimum absolute atomic E-state index is 0.0386. The molecule has 1 saturated carbocycles. The van der Waals surface area contributed by atoms with Crippen LogP contribution >= 0.6 is 11.5 Å². The van der Waals surface area contributed by atoms with Crippen molar-refractivity contribution in [1.82, 2.24) is 27.2 Å². The van der Waals surface area contributed by atoms with Crippen LogP contribution in [0.15, 0.2) is 35.3 Å². The number of fused-ring (bicyclic) bond motifs is 1. The first kappa shape index (κ1) is 30.4. The molecular weight excluding hydrogens is 637 g/mol. The van der Waals surface area contributed by atoms with Gasteiger partial charge in [0.1, 0.15) is 6.61 Å². The average Bonchev–Trinajstić information content (AvgIpc) is 3.57. The number of hydrogen-bond acceptors (Lipinski definition) is 9. The van der Waals surface area contributed by atoms with Crippen LogP contribution in [0.25, 0.3) is 11.2 Å². The topological polar surface area (TPSA) is 96.7 Å². The Morgan fingerprint density at radius 2 is 2.12 bits per heavy atom. The molecule has 2 N–H and O–H groups in total. The van der Waals surface area contributed by atoms with Crippen molar-refractivity contribution in [3.63, 3.8) is 0 Å². The van der Waals surface area contributed by atoms with E-state index in [1.54, 1.807) is 0 Å². The van der Waals surface area contributed by atoms with Crippen molar-refractivity contribution in [3.8, 4) is 0 Å².